The van der Waals surface area contributed by atoms with E-state index < -0.39 is 0 Å². The Hall–Kier alpha value is -1.88. The molecule has 3 nitrogen and oxygen atoms in total. The number of benzene rings is 1. The predicted molar refractivity (Wildman–Crippen MR) is 73.6 cm³/mol. The zero-order valence-corrected chi connectivity index (χ0v) is 10.8. The molecule has 0 fully saturated rings. The standard InChI is InChI=1S/C14H11FN2OS/c15-12-3-2-11-5-10(12)8-19-7-9-1-4-13(16-6-9)14(18)17-11/h1-6H,7-8H2,(H,17,18). The predicted octanol–water partition coefficient (Wildman–Crippen LogP) is 3.22. The first-order valence-electron chi connectivity index (χ1n) is 5.85. The van der Waals surface area contributed by atoms with Gasteiger partial charge in [0.05, 0.1) is 0 Å². The molecule has 2 aliphatic heterocycles. The number of hydrogen-bond acceptors (Lipinski definition) is 3. The van der Waals surface area contributed by atoms with Gasteiger partial charge in [-0.15, -0.1) is 0 Å². The van der Waals surface area contributed by atoms with E-state index in [1.807, 2.05) is 6.07 Å². The first-order chi connectivity index (χ1) is 9.22. The molecule has 1 amide bonds. The summed E-state index contributed by atoms with van der Waals surface area (Å²) < 4.78 is 13.6. The molecule has 0 spiro atoms. The molecule has 3 heterocycles. The number of aromatic nitrogens is 1. The van der Waals surface area contributed by atoms with E-state index in [0.717, 1.165) is 11.3 Å². The number of nitrogens with one attached hydrogen (secondary N) is 1. The van der Waals surface area contributed by atoms with Crippen molar-refractivity contribution in [3.05, 3.63) is 59.2 Å². The monoisotopic (exact) mass is 274 g/mol. The van der Waals surface area contributed by atoms with Crippen molar-refractivity contribution in [2.24, 2.45) is 0 Å². The van der Waals surface area contributed by atoms with Crippen LogP contribution in [0.5, 0.6) is 0 Å². The van der Waals surface area contributed by atoms with E-state index in [9.17, 15) is 9.18 Å². The summed E-state index contributed by atoms with van der Waals surface area (Å²) in [5, 5.41) is 2.73. The Bertz CT molecular complexity index is 628. The van der Waals surface area contributed by atoms with Crippen molar-refractivity contribution in [1.82, 2.24) is 4.98 Å². The number of nitrogens with zero attached hydrogens (tertiary/aromatic N) is 1. The quantitative estimate of drug-likeness (QED) is 0.802. The molecule has 1 aromatic carbocycles. The van der Waals surface area contributed by atoms with Crippen molar-refractivity contribution in [2.75, 3.05) is 5.32 Å². The molecule has 0 unspecified atom stereocenters. The molecule has 1 N–H and O–H groups in total. The summed E-state index contributed by atoms with van der Waals surface area (Å²) in [5.41, 5.74) is 2.58. The average molecular weight is 274 g/mol. The van der Waals surface area contributed by atoms with Crippen LogP contribution in [0.1, 0.15) is 21.6 Å². The number of fused-ring (bicyclic) bond motifs is 5. The summed E-state index contributed by atoms with van der Waals surface area (Å²) >= 11 is 1.62. The Kier molecular flexibility index (Phi) is 3.21. The fraction of sp³-hybridized carbons (Fsp3) is 0.143. The molecule has 5 heteroatoms. The summed E-state index contributed by atoms with van der Waals surface area (Å²) in [6.45, 7) is 0. The topological polar surface area (TPSA) is 42.0 Å². The number of pyridine rings is 1. The van der Waals surface area contributed by atoms with Crippen LogP contribution in [0, 0.1) is 5.82 Å². The van der Waals surface area contributed by atoms with Crippen LogP contribution in [-0.4, -0.2) is 10.9 Å². The van der Waals surface area contributed by atoms with E-state index >= 15 is 0 Å². The highest BCUT2D eigenvalue weighted by Crippen LogP contribution is 2.23. The van der Waals surface area contributed by atoms with Gasteiger partial charge in [0.15, 0.2) is 0 Å². The molecule has 4 rings (SSSR count). The van der Waals surface area contributed by atoms with Crippen LogP contribution in [0.15, 0.2) is 36.5 Å². The maximum Gasteiger partial charge on any atom is 0.274 e. The highest BCUT2D eigenvalue weighted by atomic mass is 32.2. The Morgan fingerprint density at radius 3 is 2.89 bits per heavy atom. The van der Waals surface area contributed by atoms with Crippen molar-refractivity contribution in [1.29, 1.82) is 0 Å². The van der Waals surface area contributed by atoms with Crippen LogP contribution in [0.3, 0.4) is 0 Å². The highest BCUT2D eigenvalue weighted by molar-refractivity contribution is 7.97. The van der Waals surface area contributed by atoms with Crippen molar-refractivity contribution in [3.8, 4) is 0 Å². The molecular formula is C14H11FN2OS. The SMILES string of the molecule is O=C1Nc2ccc(F)c(c2)CSCc2ccc1nc2. The smallest absolute Gasteiger partial charge is 0.274 e. The lowest BCUT2D eigenvalue weighted by atomic mass is 10.2. The zero-order chi connectivity index (χ0) is 13.2. The molecule has 0 radical (unpaired) electrons. The van der Waals surface area contributed by atoms with E-state index in [1.165, 1.54) is 6.07 Å². The average Bonchev–Trinajstić information content (AvgIpc) is 2.41. The number of anilines is 1. The third kappa shape index (κ3) is 2.61. The minimum Gasteiger partial charge on any atom is -0.321 e. The minimum absolute atomic E-state index is 0.241. The Labute approximate surface area is 114 Å². The second-order valence-corrected chi connectivity index (χ2v) is 5.29. The molecular weight excluding hydrogens is 263 g/mol. The number of hydrogen-bond donors (Lipinski definition) is 1. The Morgan fingerprint density at radius 2 is 2.11 bits per heavy atom. The minimum atomic E-state index is -0.280. The van der Waals surface area contributed by atoms with Gasteiger partial charge in [0.1, 0.15) is 11.5 Å². The molecule has 0 saturated heterocycles. The normalized spacial score (nSPS) is 14.5. The third-order valence-electron chi connectivity index (χ3n) is 2.89. The number of amides is 1. The van der Waals surface area contributed by atoms with Gasteiger partial charge in [-0.25, -0.2) is 4.39 Å². The van der Waals surface area contributed by atoms with Crippen molar-refractivity contribution in [2.45, 2.75) is 11.5 Å². The molecule has 96 valence electrons. The number of thioether (sulfide) groups is 1. The molecule has 19 heavy (non-hydrogen) atoms. The maximum absolute atomic E-state index is 13.6. The number of halogens is 1. The lowest BCUT2D eigenvalue weighted by Crippen LogP contribution is -2.14. The van der Waals surface area contributed by atoms with Crippen molar-refractivity contribution < 1.29 is 9.18 Å². The summed E-state index contributed by atoms with van der Waals surface area (Å²) in [6, 6.07) is 8.20. The van der Waals surface area contributed by atoms with Gasteiger partial charge in [-0.2, -0.15) is 11.8 Å². The molecule has 4 bridgehead atoms. The maximum atomic E-state index is 13.6. The van der Waals surface area contributed by atoms with Gasteiger partial charge in [0, 0.05) is 23.4 Å². The number of carbonyl (C=O) groups is 1. The summed E-state index contributed by atoms with van der Waals surface area (Å²) in [4.78, 5) is 16.1. The first kappa shape index (κ1) is 12.2. The number of carbonyl (C=O) groups excluding carboxylic acids is 1. The zero-order valence-electron chi connectivity index (χ0n) is 10.0. The summed E-state index contributed by atoms with van der Waals surface area (Å²) in [6.07, 6.45) is 1.69. The lowest BCUT2D eigenvalue weighted by Gasteiger charge is -2.10. The molecule has 0 aliphatic carbocycles. The van der Waals surface area contributed by atoms with Gasteiger partial charge in [-0.05, 0) is 35.4 Å². The van der Waals surface area contributed by atoms with Gasteiger partial charge < -0.3 is 5.32 Å². The lowest BCUT2D eigenvalue weighted by molar-refractivity contribution is 0.102. The highest BCUT2D eigenvalue weighted by Gasteiger charge is 2.11. The molecule has 0 atom stereocenters. The van der Waals surface area contributed by atoms with Gasteiger partial charge in [-0.1, -0.05) is 6.07 Å². The van der Waals surface area contributed by atoms with Gasteiger partial charge in [0.2, 0.25) is 0 Å². The van der Waals surface area contributed by atoms with Gasteiger partial charge in [0.25, 0.3) is 5.91 Å². The number of rotatable bonds is 0. The second-order valence-electron chi connectivity index (χ2n) is 4.30. The van der Waals surface area contributed by atoms with Gasteiger partial charge in [-0.3, -0.25) is 9.78 Å². The van der Waals surface area contributed by atoms with Crippen LogP contribution >= 0.6 is 11.8 Å². The van der Waals surface area contributed by atoms with Crippen LogP contribution in [0.2, 0.25) is 0 Å². The van der Waals surface area contributed by atoms with Crippen LogP contribution in [0.4, 0.5) is 10.1 Å². The van der Waals surface area contributed by atoms with Crippen molar-refractivity contribution in [3.63, 3.8) is 0 Å². The largest absolute Gasteiger partial charge is 0.321 e. The molecule has 1 aromatic heterocycles. The molecule has 0 saturated carbocycles. The van der Waals surface area contributed by atoms with Crippen LogP contribution < -0.4 is 5.32 Å². The Morgan fingerprint density at radius 1 is 1.21 bits per heavy atom. The second kappa shape index (κ2) is 5.01. The van der Waals surface area contributed by atoms with Crippen LogP contribution in [-0.2, 0) is 11.5 Å². The van der Waals surface area contributed by atoms with Gasteiger partial charge >= 0.3 is 0 Å². The fourth-order valence-corrected chi connectivity index (χ4v) is 2.83. The van der Waals surface area contributed by atoms with E-state index in [4.69, 9.17) is 0 Å². The van der Waals surface area contributed by atoms with E-state index in [0.29, 0.717) is 22.7 Å². The van der Waals surface area contributed by atoms with Crippen LogP contribution in [0.25, 0.3) is 0 Å². The third-order valence-corrected chi connectivity index (χ3v) is 3.94. The van der Waals surface area contributed by atoms with E-state index in [1.54, 1.807) is 36.2 Å². The van der Waals surface area contributed by atoms with Crippen molar-refractivity contribution >= 4 is 23.4 Å². The Balaban J connectivity index is 2.01. The first-order valence-corrected chi connectivity index (χ1v) is 7.00. The molecule has 2 aliphatic rings. The fourth-order valence-electron chi connectivity index (χ4n) is 1.88. The van der Waals surface area contributed by atoms with E-state index in [2.05, 4.69) is 10.3 Å². The van der Waals surface area contributed by atoms with E-state index in [-0.39, 0.29) is 11.7 Å². The summed E-state index contributed by atoms with van der Waals surface area (Å²) in [7, 11) is 0. The summed E-state index contributed by atoms with van der Waals surface area (Å²) in [5.74, 6) is 0.794. The molecule has 2 aromatic rings.